The van der Waals surface area contributed by atoms with E-state index in [1.165, 1.54) is 0 Å². The van der Waals surface area contributed by atoms with E-state index in [0.29, 0.717) is 0 Å². The Morgan fingerprint density at radius 2 is 0.750 bits per heavy atom. The van der Waals surface area contributed by atoms with E-state index in [2.05, 4.69) is 0 Å². The van der Waals surface area contributed by atoms with Crippen molar-refractivity contribution in [1.82, 2.24) is 4.90 Å². The molecule has 8 heavy (non-hydrogen) atoms. The van der Waals surface area contributed by atoms with Crippen molar-refractivity contribution in [1.29, 1.82) is 0 Å². The molecule has 0 saturated carbocycles. The molecule has 0 aromatic heterocycles. The van der Waals surface area contributed by atoms with Gasteiger partial charge in [0.05, 0.1) is 0 Å². The highest BCUT2D eigenvalue weighted by molar-refractivity contribution is 5.75. The molecule has 0 unspecified atom stereocenters. The smallest absolute Gasteiger partial charge is 0 e. The summed E-state index contributed by atoms with van der Waals surface area (Å²) in [6, 6.07) is 0. The molecule has 0 aliphatic heterocycles. The van der Waals surface area contributed by atoms with Gasteiger partial charge < -0.3 is 4.90 Å². The third kappa shape index (κ3) is 808. The molecule has 0 saturated heterocycles. The minimum atomic E-state index is 0. The van der Waals surface area contributed by atoms with E-state index in [0.717, 1.165) is 0 Å². The zero-order chi connectivity index (χ0) is 3.58. The van der Waals surface area contributed by atoms with Crippen LogP contribution in [0.2, 0.25) is 0 Å². The molecule has 0 amide bonds. The number of hydrogen-bond donors (Lipinski definition) is 0. The number of nitrogens with zero attached hydrogens (tertiary/aromatic N) is 1. The van der Waals surface area contributed by atoms with Crippen LogP contribution in [-0.4, -0.2) is 43.4 Å². The fraction of sp³-hybridized carbons (Fsp3) is 1.00. The lowest BCUT2D eigenvalue weighted by Gasteiger charge is -1.90. The first-order valence-electron chi connectivity index (χ1n) is 1.34. The van der Waals surface area contributed by atoms with Gasteiger partial charge in [-0.25, -0.2) is 0 Å². The van der Waals surface area contributed by atoms with Crippen molar-refractivity contribution in [2.24, 2.45) is 0 Å². The SMILES string of the molecule is C.C.C.CN(C)C.[Al]. The Kier molecular flexibility index (Phi) is 127. The van der Waals surface area contributed by atoms with Crippen molar-refractivity contribution >= 4 is 17.4 Å². The molecule has 0 atom stereocenters. The summed E-state index contributed by atoms with van der Waals surface area (Å²) in [5.41, 5.74) is 0. The van der Waals surface area contributed by atoms with Crippen LogP contribution >= 0.6 is 0 Å². The predicted molar refractivity (Wildman–Crippen MR) is 45.6 cm³/mol. The molecule has 2 heteroatoms. The summed E-state index contributed by atoms with van der Waals surface area (Å²) < 4.78 is 0. The van der Waals surface area contributed by atoms with Crippen molar-refractivity contribution in [3.8, 4) is 0 Å². The summed E-state index contributed by atoms with van der Waals surface area (Å²) >= 11 is 0. The molecule has 0 aromatic rings. The van der Waals surface area contributed by atoms with Crippen LogP contribution in [0.4, 0.5) is 0 Å². The van der Waals surface area contributed by atoms with E-state index in [-0.39, 0.29) is 39.6 Å². The van der Waals surface area contributed by atoms with Gasteiger partial charge in [-0.2, -0.15) is 0 Å². The average Bonchev–Trinajstić information content (AvgIpc) is 0.811. The van der Waals surface area contributed by atoms with Crippen molar-refractivity contribution < 1.29 is 0 Å². The minimum Gasteiger partial charge on any atom is -0.312 e. The Morgan fingerprint density at radius 3 is 0.750 bits per heavy atom. The van der Waals surface area contributed by atoms with Gasteiger partial charge in [0.15, 0.2) is 0 Å². The van der Waals surface area contributed by atoms with Crippen LogP contribution < -0.4 is 0 Å². The van der Waals surface area contributed by atoms with E-state index in [4.69, 9.17) is 0 Å². The second-order valence-electron chi connectivity index (χ2n) is 1.34. The molecule has 3 radical (unpaired) electrons. The molecule has 0 N–H and O–H groups in total. The van der Waals surface area contributed by atoms with Gasteiger partial charge >= 0.3 is 0 Å². The highest BCUT2D eigenvalue weighted by atomic mass is 27.0. The highest BCUT2D eigenvalue weighted by Gasteiger charge is 1.58. The van der Waals surface area contributed by atoms with Gasteiger partial charge in [0, 0.05) is 17.4 Å². The van der Waals surface area contributed by atoms with Crippen LogP contribution in [0.3, 0.4) is 0 Å². The third-order valence-electron chi connectivity index (χ3n) is 0. The minimum absolute atomic E-state index is 0. The molecule has 0 heterocycles. The molecular weight excluding hydrogens is 113 g/mol. The quantitative estimate of drug-likeness (QED) is 0.456. The predicted octanol–water partition coefficient (Wildman–Crippen LogP) is 1.71. The van der Waals surface area contributed by atoms with Crippen LogP contribution in [-0.2, 0) is 0 Å². The Labute approximate surface area is 66.2 Å². The van der Waals surface area contributed by atoms with Gasteiger partial charge in [0.25, 0.3) is 0 Å². The van der Waals surface area contributed by atoms with Crippen LogP contribution in [0.15, 0.2) is 0 Å². The van der Waals surface area contributed by atoms with Gasteiger partial charge in [-0.15, -0.1) is 0 Å². The Morgan fingerprint density at radius 1 is 0.750 bits per heavy atom. The second-order valence-corrected chi connectivity index (χ2v) is 1.34. The maximum atomic E-state index is 2.00. The summed E-state index contributed by atoms with van der Waals surface area (Å²) in [7, 11) is 6.00. The Balaban J connectivity index is -0.00000000750. The van der Waals surface area contributed by atoms with Gasteiger partial charge in [0.2, 0.25) is 0 Å². The van der Waals surface area contributed by atoms with Crippen molar-refractivity contribution in [2.75, 3.05) is 21.1 Å². The fourth-order valence-electron chi connectivity index (χ4n) is 0. The number of rotatable bonds is 0. The highest BCUT2D eigenvalue weighted by Crippen LogP contribution is 1.47. The topological polar surface area (TPSA) is 3.24 Å². The molecule has 0 spiro atoms. The molecular formula is C6H21AlN. The zero-order valence-electron chi connectivity index (χ0n) is 4.02. The summed E-state index contributed by atoms with van der Waals surface area (Å²) in [5.74, 6) is 0. The first-order chi connectivity index (χ1) is 1.73. The maximum absolute atomic E-state index is 2.00. The molecule has 1 nitrogen and oxygen atoms in total. The molecule has 0 aliphatic carbocycles. The standard InChI is InChI=1S/C3H9N.3CH4.Al/c1-4(2)3;;;;/h1-3H3;3*1H4;. The van der Waals surface area contributed by atoms with Crippen LogP contribution in [0, 0.1) is 0 Å². The molecule has 0 bridgehead atoms. The van der Waals surface area contributed by atoms with Gasteiger partial charge in [-0.1, -0.05) is 22.3 Å². The lowest BCUT2D eigenvalue weighted by molar-refractivity contribution is 0.505. The lowest BCUT2D eigenvalue weighted by atomic mass is 11.0. The normalized spacial score (nSPS) is 4.50. The van der Waals surface area contributed by atoms with Crippen LogP contribution in [0.25, 0.3) is 0 Å². The molecule has 53 valence electrons. The van der Waals surface area contributed by atoms with Crippen LogP contribution in [0.1, 0.15) is 22.3 Å². The largest absolute Gasteiger partial charge is 0.312 e. The number of hydrogen-bond acceptors (Lipinski definition) is 1. The second kappa shape index (κ2) is 25.9. The summed E-state index contributed by atoms with van der Waals surface area (Å²) in [6.45, 7) is 0. The van der Waals surface area contributed by atoms with E-state index < -0.39 is 0 Å². The summed E-state index contributed by atoms with van der Waals surface area (Å²) in [4.78, 5) is 2.00. The monoisotopic (exact) mass is 134 g/mol. The molecule has 0 aromatic carbocycles. The van der Waals surface area contributed by atoms with E-state index >= 15 is 0 Å². The Bertz CT molecular complexity index is 13.2. The molecule has 0 rings (SSSR count). The van der Waals surface area contributed by atoms with E-state index in [1.54, 1.807) is 0 Å². The maximum Gasteiger partial charge on any atom is 0 e. The van der Waals surface area contributed by atoms with Crippen molar-refractivity contribution in [2.45, 2.75) is 22.3 Å². The van der Waals surface area contributed by atoms with Crippen molar-refractivity contribution in [3.63, 3.8) is 0 Å². The fourth-order valence-corrected chi connectivity index (χ4v) is 0. The third-order valence-corrected chi connectivity index (χ3v) is 0. The van der Waals surface area contributed by atoms with Crippen LogP contribution in [0.5, 0.6) is 0 Å². The molecule has 0 fully saturated rings. The average molecular weight is 134 g/mol. The van der Waals surface area contributed by atoms with Gasteiger partial charge in [-0.05, 0) is 21.1 Å². The summed E-state index contributed by atoms with van der Waals surface area (Å²) in [6.07, 6.45) is 0. The first kappa shape index (κ1) is 39.1. The van der Waals surface area contributed by atoms with Gasteiger partial charge in [0.1, 0.15) is 0 Å². The zero-order valence-corrected chi connectivity index (χ0v) is 5.18. The van der Waals surface area contributed by atoms with E-state index in [9.17, 15) is 0 Å². The summed E-state index contributed by atoms with van der Waals surface area (Å²) in [5, 5.41) is 0. The Hall–Kier alpha value is 0.492. The van der Waals surface area contributed by atoms with Crippen molar-refractivity contribution in [3.05, 3.63) is 0 Å². The van der Waals surface area contributed by atoms with Gasteiger partial charge in [-0.3, -0.25) is 0 Å². The first-order valence-corrected chi connectivity index (χ1v) is 1.34. The van der Waals surface area contributed by atoms with E-state index in [1.807, 2.05) is 26.0 Å². The molecule has 0 aliphatic rings. The lowest BCUT2D eigenvalue weighted by Crippen LogP contribution is -1.99.